The maximum absolute atomic E-state index is 6.21. The summed E-state index contributed by atoms with van der Waals surface area (Å²) >= 11 is 12.0. The fourth-order valence-electron chi connectivity index (χ4n) is 4.43. The third-order valence-corrected chi connectivity index (χ3v) is 6.60. The molecule has 0 radical (unpaired) electrons. The molecule has 1 saturated heterocycles. The molecule has 0 N–H and O–H groups in total. The smallest absolute Gasteiger partial charge is 0.199 e. The van der Waals surface area contributed by atoms with Crippen LogP contribution in [0.5, 0.6) is 5.75 Å². The summed E-state index contributed by atoms with van der Waals surface area (Å²) in [5.74, 6) is 2.47. The summed E-state index contributed by atoms with van der Waals surface area (Å²) in [5.41, 5.74) is 0. The number of halogens is 1. The number of fused-ring (bicyclic) bond motifs is 2. The molecule has 138 valence electrons. The molecule has 3 fully saturated rings. The number of hydrogen-bond acceptors (Lipinski definition) is 4. The number of nitrogens with zero attached hydrogens (tertiary/aromatic N) is 4. The quantitative estimate of drug-likeness (QED) is 0.684. The molecule has 2 atom stereocenters. The van der Waals surface area contributed by atoms with Crippen LogP contribution < -0.4 is 4.74 Å². The van der Waals surface area contributed by atoms with E-state index >= 15 is 0 Å². The van der Waals surface area contributed by atoms with Crippen molar-refractivity contribution in [1.29, 1.82) is 0 Å². The van der Waals surface area contributed by atoms with Crippen LogP contribution in [0.25, 0.3) is 0 Å². The van der Waals surface area contributed by atoms with E-state index in [-0.39, 0.29) is 0 Å². The molecule has 2 unspecified atom stereocenters. The SMILES string of the molecule is S=c1n(CN2CC3CCC2C3)nc(COc2ccccc2Cl)n1C1CC1. The van der Waals surface area contributed by atoms with Gasteiger partial charge in [0.15, 0.2) is 10.6 Å². The first-order valence-electron chi connectivity index (χ1n) is 9.48. The number of likely N-dealkylation sites (tertiary alicyclic amines) is 1. The van der Waals surface area contributed by atoms with Gasteiger partial charge in [0.1, 0.15) is 12.4 Å². The largest absolute Gasteiger partial charge is 0.484 e. The van der Waals surface area contributed by atoms with Crippen molar-refractivity contribution in [3.63, 3.8) is 0 Å². The van der Waals surface area contributed by atoms with Crippen LogP contribution in [-0.2, 0) is 13.3 Å². The highest BCUT2D eigenvalue weighted by molar-refractivity contribution is 7.71. The molecule has 0 amide bonds. The Labute approximate surface area is 163 Å². The van der Waals surface area contributed by atoms with E-state index in [4.69, 9.17) is 33.7 Å². The number of rotatable bonds is 6. The van der Waals surface area contributed by atoms with Gasteiger partial charge in [0.25, 0.3) is 0 Å². The van der Waals surface area contributed by atoms with Crippen LogP contribution in [0.1, 0.15) is 44.0 Å². The Bertz CT molecular complexity index is 875. The minimum atomic E-state index is 0.392. The van der Waals surface area contributed by atoms with Gasteiger partial charge in [-0.3, -0.25) is 9.47 Å². The fourth-order valence-corrected chi connectivity index (χ4v) is 4.97. The van der Waals surface area contributed by atoms with Gasteiger partial charge in [-0.2, -0.15) is 5.10 Å². The molecule has 2 aromatic rings. The lowest BCUT2D eigenvalue weighted by Crippen LogP contribution is -2.34. The second-order valence-electron chi connectivity index (χ2n) is 7.76. The van der Waals surface area contributed by atoms with Gasteiger partial charge < -0.3 is 4.74 Å². The number of para-hydroxylation sites is 1. The molecule has 2 heterocycles. The van der Waals surface area contributed by atoms with Crippen LogP contribution in [0, 0.1) is 10.7 Å². The summed E-state index contributed by atoms with van der Waals surface area (Å²) in [6.07, 6.45) is 6.41. The highest BCUT2D eigenvalue weighted by Crippen LogP contribution is 2.39. The predicted molar refractivity (Wildman–Crippen MR) is 103 cm³/mol. The molecular formula is C19H23ClN4OS. The molecule has 3 aliphatic rings. The molecule has 1 aromatic carbocycles. The van der Waals surface area contributed by atoms with Crippen LogP contribution in [0.15, 0.2) is 24.3 Å². The van der Waals surface area contributed by atoms with Crippen molar-refractivity contribution in [1.82, 2.24) is 19.2 Å². The normalized spacial score (nSPS) is 25.1. The summed E-state index contributed by atoms with van der Waals surface area (Å²) in [7, 11) is 0. The van der Waals surface area contributed by atoms with Crippen LogP contribution in [0.3, 0.4) is 0 Å². The van der Waals surface area contributed by atoms with Gasteiger partial charge in [-0.15, -0.1) is 0 Å². The topological polar surface area (TPSA) is 35.2 Å². The lowest BCUT2D eigenvalue weighted by Gasteiger charge is -2.26. The Hall–Kier alpha value is -1.37. The van der Waals surface area contributed by atoms with Crippen molar-refractivity contribution in [2.24, 2.45) is 5.92 Å². The molecule has 0 spiro atoms. The van der Waals surface area contributed by atoms with E-state index in [0.29, 0.717) is 23.4 Å². The molecule has 2 bridgehead atoms. The second-order valence-corrected chi connectivity index (χ2v) is 8.54. The van der Waals surface area contributed by atoms with Crippen molar-refractivity contribution < 1.29 is 4.74 Å². The van der Waals surface area contributed by atoms with Gasteiger partial charge in [0.05, 0.1) is 11.7 Å². The van der Waals surface area contributed by atoms with E-state index in [9.17, 15) is 0 Å². The number of hydrogen-bond donors (Lipinski definition) is 0. The second kappa shape index (κ2) is 6.66. The maximum atomic E-state index is 6.21. The van der Waals surface area contributed by atoms with Crippen molar-refractivity contribution >= 4 is 23.8 Å². The van der Waals surface area contributed by atoms with Gasteiger partial charge in [0, 0.05) is 18.6 Å². The van der Waals surface area contributed by atoms with Crippen molar-refractivity contribution in [2.45, 2.75) is 57.5 Å². The zero-order chi connectivity index (χ0) is 17.7. The molecule has 5 rings (SSSR count). The molecule has 1 aliphatic heterocycles. The predicted octanol–water partition coefficient (Wildman–Crippen LogP) is 4.42. The zero-order valence-electron chi connectivity index (χ0n) is 14.7. The van der Waals surface area contributed by atoms with Crippen molar-refractivity contribution in [3.8, 4) is 5.75 Å². The summed E-state index contributed by atoms with van der Waals surface area (Å²) in [6, 6.07) is 8.75. The Morgan fingerprint density at radius 1 is 1.15 bits per heavy atom. The highest BCUT2D eigenvalue weighted by Gasteiger charge is 2.38. The first-order chi connectivity index (χ1) is 12.7. The minimum absolute atomic E-state index is 0.392. The Morgan fingerprint density at radius 3 is 2.65 bits per heavy atom. The van der Waals surface area contributed by atoms with Gasteiger partial charge in [0.2, 0.25) is 0 Å². The third-order valence-electron chi connectivity index (χ3n) is 5.88. The Balaban J connectivity index is 1.37. The number of benzene rings is 1. The lowest BCUT2D eigenvalue weighted by molar-refractivity contribution is 0.157. The average Bonchev–Trinajstić information content (AvgIpc) is 3.12. The molecule has 26 heavy (non-hydrogen) atoms. The summed E-state index contributed by atoms with van der Waals surface area (Å²) in [4.78, 5) is 2.55. The lowest BCUT2D eigenvalue weighted by atomic mass is 10.1. The molecule has 7 heteroatoms. The van der Waals surface area contributed by atoms with Crippen LogP contribution in [0.4, 0.5) is 0 Å². The van der Waals surface area contributed by atoms with Crippen molar-refractivity contribution in [2.75, 3.05) is 6.54 Å². The monoisotopic (exact) mass is 390 g/mol. The van der Waals surface area contributed by atoms with E-state index < -0.39 is 0 Å². The molecule has 5 nitrogen and oxygen atoms in total. The van der Waals surface area contributed by atoms with Crippen LogP contribution >= 0.6 is 23.8 Å². The molecule has 2 saturated carbocycles. The Morgan fingerprint density at radius 2 is 1.96 bits per heavy atom. The maximum Gasteiger partial charge on any atom is 0.199 e. The summed E-state index contributed by atoms with van der Waals surface area (Å²) in [6.45, 7) is 2.38. The number of ether oxygens (including phenoxy) is 1. The van der Waals surface area contributed by atoms with Gasteiger partial charge >= 0.3 is 0 Å². The van der Waals surface area contributed by atoms with E-state index in [2.05, 4.69) is 9.47 Å². The van der Waals surface area contributed by atoms with E-state index in [1.165, 1.54) is 38.6 Å². The molecule has 1 aromatic heterocycles. The Kier molecular flexibility index (Phi) is 4.30. The van der Waals surface area contributed by atoms with Crippen LogP contribution in [0.2, 0.25) is 5.02 Å². The first kappa shape index (κ1) is 16.8. The summed E-state index contributed by atoms with van der Waals surface area (Å²) in [5, 5.41) is 5.45. The first-order valence-corrected chi connectivity index (χ1v) is 10.3. The molecular weight excluding hydrogens is 368 g/mol. The fraction of sp³-hybridized carbons (Fsp3) is 0.579. The van der Waals surface area contributed by atoms with Gasteiger partial charge in [-0.1, -0.05) is 23.7 Å². The van der Waals surface area contributed by atoms with E-state index in [1.54, 1.807) is 0 Å². The molecule has 2 aliphatic carbocycles. The van der Waals surface area contributed by atoms with Gasteiger partial charge in [-0.05, 0) is 62.4 Å². The average molecular weight is 391 g/mol. The standard InChI is InChI=1S/C19H23ClN4OS/c20-16-3-1-2-4-17(16)25-11-18-21-23(19(26)24(18)14-7-8-14)12-22-10-13-5-6-15(22)9-13/h1-4,13-15H,5-12H2. The number of aromatic nitrogens is 3. The van der Waals surface area contributed by atoms with Crippen molar-refractivity contribution in [3.05, 3.63) is 39.9 Å². The van der Waals surface area contributed by atoms with Crippen LogP contribution in [-0.4, -0.2) is 31.8 Å². The van der Waals surface area contributed by atoms with Gasteiger partial charge in [-0.25, -0.2) is 4.68 Å². The minimum Gasteiger partial charge on any atom is -0.484 e. The highest BCUT2D eigenvalue weighted by atomic mass is 35.5. The zero-order valence-corrected chi connectivity index (χ0v) is 16.3. The third kappa shape index (κ3) is 3.08. The summed E-state index contributed by atoms with van der Waals surface area (Å²) < 4.78 is 11.0. The van der Waals surface area contributed by atoms with E-state index in [1.807, 2.05) is 28.9 Å². The van der Waals surface area contributed by atoms with E-state index in [0.717, 1.165) is 29.2 Å². The number of piperidine rings is 1.